The van der Waals surface area contributed by atoms with Crippen LogP contribution >= 0.6 is 49.2 Å². The molecule has 0 aliphatic carbocycles. The number of halogens is 4. The maximum Gasteiger partial charge on any atom is 0.341 e. The summed E-state index contributed by atoms with van der Waals surface area (Å²) in [5.74, 6) is 0. The van der Waals surface area contributed by atoms with Gasteiger partial charge < -0.3 is 0 Å². The summed E-state index contributed by atoms with van der Waals surface area (Å²) in [5, 5.41) is 0. The minimum atomic E-state index is -2.47. The molecule has 0 heterocycles. The largest absolute Gasteiger partial charge is 0.341 e. The Morgan fingerprint density at radius 3 is 2.31 bits per heavy atom. The van der Waals surface area contributed by atoms with Crippen molar-refractivity contribution in [3.63, 3.8) is 0 Å². The Hall–Kier alpha value is 0.787. The number of hydrogen-bond acceptors (Lipinski definition) is 0. The van der Waals surface area contributed by atoms with Crippen molar-refractivity contribution in [1.29, 1.82) is 0 Å². The third-order valence-corrected chi connectivity index (χ3v) is 4.93. The van der Waals surface area contributed by atoms with Gasteiger partial charge in [-0.2, -0.15) is 0 Å². The van der Waals surface area contributed by atoms with E-state index in [1.165, 1.54) is 5.56 Å². The van der Waals surface area contributed by atoms with Crippen molar-refractivity contribution in [2.24, 2.45) is 0 Å². The van der Waals surface area contributed by atoms with Crippen molar-refractivity contribution >= 4 is 55.2 Å². The first-order valence-electron chi connectivity index (χ1n) is 3.79. The molecule has 0 aromatic heterocycles. The van der Waals surface area contributed by atoms with Gasteiger partial charge in [0.1, 0.15) is 0 Å². The molecule has 0 fully saturated rings. The molecule has 0 saturated carbocycles. The number of hydrogen-bond donors (Lipinski definition) is 0. The van der Waals surface area contributed by atoms with Gasteiger partial charge in [-0.05, 0) is 24.1 Å². The van der Waals surface area contributed by atoms with E-state index in [2.05, 4.69) is 15.9 Å². The molecular formula is C8H8BrCl3Si. The zero-order valence-corrected chi connectivity index (χ0v) is 11.6. The number of rotatable bonds is 3. The minimum absolute atomic E-state index is 0.667. The van der Waals surface area contributed by atoms with Gasteiger partial charge >= 0.3 is 6.00 Å². The lowest BCUT2D eigenvalue weighted by Crippen LogP contribution is -2.09. The van der Waals surface area contributed by atoms with Gasteiger partial charge in [0.25, 0.3) is 0 Å². The first-order chi connectivity index (χ1) is 5.99. The van der Waals surface area contributed by atoms with Crippen molar-refractivity contribution in [3.8, 4) is 0 Å². The predicted octanol–water partition coefficient (Wildman–Crippen LogP) is 4.65. The van der Waals surface area contributed by atoms with Crippen molar-refractivity contribution in [2.45, 2.75) is 12.5 Å². The molecule has 0 aliphatic rings. The van der Waals surface area contributed by atoms with Crippen LogP contribution in [0, 0.1) is 0 Å². The van der Waals surface area contributed by atoms with E-state index in [0.717, 1.165) is 10.9 Å². The van der Waals surface area contributed by atoms with Crippen LogP contribution in [0.3, 0.4) is 0 Å². The number of benzene rings is 1. The molecule has 72 valence electrons. The molecule has 0 radical (unpaired) electrons. The van der Waals surface area contributed by atoms with E-state index >= 15 is 0 Å². The fourth-order valence-electron chi connectivity index (χ4n) is 0.978. The van der Waals surface area contributed by atoms with Crippen molar-refractivity contribution in [1.82, 2.24) is 0 Å². The van der Waals surface area contributed by atoms with Crippen LogP contribution in [0.2, 0.25) is 6.04 Å². The molecule has 0 bridgehead atoms. The molecule has 0 nitrogen and oxygen atoms in total. The predicted molar refractivity (Wildman–Crippen MR) is 66.0 cm³/mol. The Kier molecular flexibility index (Phi) is 4.59. The van der Waals surface area contributed by atoms with Crippen LogP contribution in [0.15, 0.2) is 28.7 Å². The van der Waals surface area contributed by atoms with Crippen LogP contribution in [-0.2, 0) is 6.42 Å². The molecule has 0 aliphatic heterocycles. The van der Waals surface area contributed by atoms with Gasteiger partial charge in [0.05, 0.1) is 0 Å². The standard InChI is InChI=1S/C8H8BrCl3Si/c9-8-4-2-1-3-7(8)5-6-13(10,11)12/h1-4H,5-6H2. The second kappa shape index (κ2) is 5.03. The van der Waals surface area contributed by atoms with Crippen LogP contribution in [0.1, 0.15) is 5.56 Å². The summed E-state index contributed by atoms with van der Waals surface area (Å²) in [6, 6.07) is 6.19. The summed E-state index contributed by atoms with van der Waals surface area (Å²) in [6.45, 7) is 0. The van der Waals surface area contributed by atoms with E-state index in [1.54, 1.807) is 0 Å². The summed E-state index contributed by atoms with van der Waals surface area (Å²) in [4.78, 5) is 0. The average molecular weight is 319 g/mol. The highest BCUT2D eigenvalue weighted by Gasteiger charge is 2.24. The average Bonchev–Trinajstić information content (AvgIpc) is 2.01. The first kappa shape index (κ1) is 11.9. The van der Waals surface area contributed by atoms with Crippen LogP contribution in [-0.4, -0.2) is 6.00 Å². The van der Waals surface area contributed by atoms with Crippen molar-refractivity contribution < 1.29 is 0 Å². The SMILES string of the molecule is Cl[Si](Cl)(Cl)CCc1ccccc1Br. The van der Waals surface area contributed by atoms with E-state index < -0.39 is 6.00 Å². The zero-order chi connectivity index (χ0) is 9.90. The van der Waals surface area contributed by atoms with Gasteiger partial charge in [0, 0.05) is 4.47 Å². The minimum Gasteiger partial charge on any atom is -0.126 e. The van der Waals surface area contributed by atoms with Gasteiger partial charge in [-0.3, -0.25) is 0 Å². The third kappa shape index (κ3) is 4.70. The molecule has 0 atom stereocenters. The van der Waals surface area contributed by atoms with Crippen molar-refractivity contribution in [3.05, 3.63) is 34.3 Å². The topological polar surface area (TPSA) is 0 Å². The lowest BCUT2D eigenvalue weighted by Gasteiger charge is -2.08. The zero-order valence-electron chi connectivity index (χ0n) is 6.74. The summed E-state index contributed by atoms with van der Waals surface area (Å²) < 4.78 is 1.08. The highest BCUT2D eigenvalue weighted by atomic mass is 79.9. The maximum atomic E-state index is 5.79. The summed E-state index contributed by atoms with van der Waals surface area (Å²) in [7, 11) is 0. The Bertz CT molecular complexity index is 285. The molecule has 13 heavy (non-hydrogen) atoms. The Morgan fingerprint density at radius 1 is 1.15 bits per heavy atom. The first-order valence-corrected chi connectivity index (χ1v) is 9.83. The Morgan fingerprint density at radius 2 is 1.77 bits per heavy atom. The Balaban J connectivity index is 2.60. The van der Waals surface area contributed by atoms with E-state index in [9.17, 15) is 0 Å². The van der Waals surface area contributed by atoms with E-state index in [0.29, 0.717) is 6.04 Å². The van der Waals surface area contributed by atoms with Crippen molar-refractivity contribution in [2.75, 3.05) is 0 Å². The second-order valence-electron chi connectivity index (χ2n) is 2.71. The molecule has 1 aromatic rings. The van der Waals surface area contributed by atoms with Crippen LogP contribution < -0.4 is 0 Å². The van der Waals surface area contributed by atoms with Gasteiger partial charge in [-0.15, -0.1) is 33.2 Å². The summed E-state index contributed by atoms with van der Waals surface area (Å²) >= 11 is 20.8. The normalized spacial score (nSPS) is 11.7. The highest BCUT2D eigenvalue weighted by Crippen LogP contribution is 2.28. The third-order valence-electron chi connectivity index (χ3n) is 1.64. The molecular weight excluding hydrogens is 310 g/mol. The smallest absolute Gasteiger partial charge is 0.126 e. The molecule has 5 heteroatoms. The van der Waals surface area contributed by atoms with Gasteiger partial charge in [0.15, 0.2) is 0 Å². The lowest BCUT2D eigenvalue weighted by molar-refractivity contribution is 1.11. The van der Waals surface area contributed by atoms with Gasteiger partial charge in [-0.25, -0.2) is 0 Å². The van der Waals surface area contributed by atoms with Gasteiger partial charge in [0.2, 0.25) is 0 Å². The Labute approximate surface area is 101 Å². The monoisotopic (exact) mass is 316 g/mol. The lowest BCUT2D eigenvalue weighted by atomic mass is 10.2. The molecule has 0 N–H and O–H groups in total. The summed E-state index contributed by atoms with van der Waals surface area (Å²) in [6.07, 6.45) is 0.824. The molecule has 1 rings (SSSR count). The highest BCUT2D eigenvalue weighted by molar-refractivity contribution is 9.10. The van der Waals surface area contributed by atoms with Gasteiger partial charge in [-0.1, -0.05) is 34.1 Å². The van der Waals surface area contributed by atoms with Crippen LogP contribution in [0.5, 0.6) is 0 Å². The van der Waals surface area contributed by atoms with Crippen LogP contribution in [0.25, 0.3) is 0 Å². The second-order valence-corrected chi connectivity index (χ2v) is 12.8. The fourth-order valence-corrected chi connectivity index (χ4v) is 2.86. The molecule has 0 amide bonds. The molecule has 0 spiro atoms. The van der Waals surface area contributed by atoms with Crippen LogP contribution in [0.4, 0.5) is 0 Å². The fraction of sp³-hybridized carbons (Fsp3) is 0.250. The van der Waals surface area contributed by atoms with E-state index in [-0.39, 0.29) is 0 Å². The molecule has 0 saturated heterocycles. The summed E-state index contributed by atoms with van der Waals surface area (Å²) in [5.41, 5.74) is 1.20. The van der Waals surface area contributed by atoms with E-state index in [4.69, 9.17) is 33.2 Å². The molecule has 0 unspecified atom stereocenters. The van der Waals surface area contributed by atoms with E-state index in [1.807, 2.05) is 24.3 Å². The maximum absolute atomic E-state index is 5.79. The quantitative estimate of drug-likeness (QED) is 0.562. The number of aryl methyl sites for hydroxylation is 1. The molecule has 1 aromatic carbocycles.